The Hall–Kier alpha value is -1.47. The molecule has 7 heteroatoms. The van der Waals surface area contributed by atoms with Crippen LogP contribution in [0.3, 0.4) is 0 Å². The van der Waals surface area contributed by atoms with Gasteiger partial charge in [0.2, 0.25) is 0 Å². The molecule has 0 bridgehead atoms. The molecule has 0 radical (unpaired) electrons. The fourth-order valence-corrected chi connectivity index (χ4v) is 3.64. The van der Waals surface area contributed by atoms with Crippen molar-refractivity contribution < 1.29 is 17.9 Å². The van der Waals surface area contributed by atoms with E-state index in [0.717, 1.165) is 25.7 Å². The summed E-state index contributed by atoms with van der Waals surface area (Å²) in [5, 5.41) is -0.0642. The first-order valence-corrected chi connectivity index (χ1v) is 8.48. The van der Waals surface area contributed by atoms with E-state index in [1.807, 2.05) is 0 Å². The first-order valence-electron chi connectivity index (χ1n) is 6.99. The monoisotopic (exact) mass is 312 g/mol. The number of carbonyl (C=O) groups excluding carboxylic acids is 1. The normalized spacial score (nSPS) is 16.1. The molecule has 1 fully saturated rings. The molecule has 1 saturated carbocycles. The van der Waals surface area contributed by atoms with Crippen molar-refractivity contribution in [3.05, 3.63) is 23.4 Å². The maximum Gasteiger partial charge on any atom is 0.339 e. The van der Waals surface area contributed by atoms with E-state index in [2.05, 4.69) is 14.4 Å². The van der Waals surface area contributed by atoms with Crippen molar-refractivity contribution in [1.29, 1.82) is 0 Å². The Morgan fingerprint density at radius 2 is 2.05 bits per heavy atom. The number of hydrogen-bond acceptors (Lipinski definition) is 5. The summed E-state index contributed by atoms with van der Waals surface area (Å²) < 4.78 is 31.6. The minimum Gasteiger partial charge on any atom is -0.465 e. The Balaban J connectivity index is 2.12. The average molecular weight is 312 g/mol. The largest absolute Gasteiger partial charge is 0.465 e. The fraction of sp³-hybridized carbons (Fsp3) is 0.571. The lowest BCUT2D eigenvalue weighted by Gasteiger charge is -2.11. The first kappa shape index (κ1) is 15.9. The van der Waals surface area contributed by atoms with Gasteiger partial charge < -0.3 is 4.74 Å². The molecule has 1 N–H and O–H groups in total. The van der Waals surface area contributed by atoms with E-state index in [4.69, 9.17) is 0 Å². The molecule has 1 aromatic heterocycles. The summed E-state index contributed by atoms with van der Waals surface area (Å²) in [5.74, 6) is -0.113. The van der Waals surface area contributed by atoms with Crippen LogP contribution in [0.4, 0.5) is 0 Å². The molecule has 0 amide bonds. The van der Waals surface area contributed by atoms with Crippen LogP contribution in [-0.4, -0.2) is 33.0 Å². The third-order valence-corrected chi connectivity index (χ3v) is 5.10. The van der Waals surface area contributed by atoms with Crippen molar-refractivity contribution in [3.63, 3.8) is 0 Å². The quantitative estimate of drug-likeness (QED) is 0.836. The van der Waals surface area contributed by atoms with E-state index in [1.165, 1.54) is 19.2 Å². The van der Waals surface area contributed by atoms with Gasteiger partial charge in [-0.3, -0.25) is 0 Å². The van der Waals surface area contributed by atoms with Crippen LogP contribution in [-0.2, 0) is 14.8 Å². The maximum absolute atomic E-state index is 12.2. The number of hydrogen-bond donors (Lipinski definition) is 1. The average Bonchev–Trinajstić information content (AvgIpc) is 2.97. The van der Waals surface area contributed by atoms with E-state index in [1.54, 1.807) is 6.92 Å². The van der Waals surface area contributed by atoms with Gasteiger partial charge in [-0.25, -0.2) is 22.9 Å². The topological polar surface area (TPSA) is 85.4 Å². The Morgan fingerprint density at radius 1 is 1.38 bits per heavy atom. The Labute approximate surface area is 125 Å². The van der Waals surface area contributed by atoms with E-state index >= 15 is 0 Å². The van der Waals surface area contributed by atoms with Gasteiger partial charge in [-0.2, -0.15) is 0 Å². The zero-order valence-corrected chi connectivity index (χ0v) is 13.1. The highest BCUT2D eigenvalue weighted by Gasteiger charge is 2.22. The summed E-state index contributed by atoms with van der Waals surface area (Å²) in [6.07, 6.45) is 4.46. The lowest BCUT2D eigenvalue weighted by molar-refractivity contribution is 0.0599. The van der Waals surface area contributed by atoms with Crippen LogP contribution in [0.1, 0.15) is 41.7 Å². The highest BCUT2D eigenvalue weighted by molar-refractivity contribution is 7.89. The summed E-state index contributed by atoms with van der Waals surface area (Å²) in [4.78, 5) is 15.5. The van der Waals surface area contributed by atoms with Crippen molar-refractivity contribution in [3.8, 4) is 0 Å². The number of ether oxygens (including phenoxy) is 1. The maximum atomic E-state index is 12.2. The second-order valence-electron chi connectivity index (χ2n) is 5.28. The molecule has 21 heavy (non-hydrogen) atoms. The predicted octanol–water partition coefficient (Wildman–Crippen LogP) is 1.65. The summed E-state index contributed by atoms with van der Waals surface area (Å²) >= 11 is 0. The number of nitrogens with zero attached hydrogens (tertiary/aromatic N) is 1. The van der Waals surface area contributed by atoms with E-state index in [-0.39, 0.29) is 10.6 Å². The molecule has 1 heterocycles. The lowest BCUT2D eigenvalue weighted by atomic mass is 10.1. The molecule has 0 unspecified atom stereocenters. The van der Waals surface area contributed by atoms with Gasteiger partial charge in [0.1, 0.15) is 0 Å². The van der Waals surface area contributed by atoms with Crippen LogP contribution in [0.15, 0.2) is 17.2 Å². The third-order valence-electron chi connectivity index (χ3n) is 3.78. The molecule has 0 atom stereocenters. The summed E-state index contributed by atoms with van der Waals surface area (Å²) in [6.45, 7) is 2.03. The van der Waals surface area contributed by atoms with Crippen LogP contribution in [0.2, 0.25) is 0 Å². The van der Waals surface area contributed by atoms with Gasteiger partial charge in [0.15, 0.2) is 5.03 Å². The highest BCUT2D eigenvalue weighted by Crippen LogP contribution is 2.24. The smallest absolute Gasteiger partial charge is 0.339 e. The fourth-order valence-electron chi connectivity index (χ4n) is 2.53. The predicted molar refractivity (Wildman–Crippen MR) is 77.5 cm³/mol. The highest BCUT2D eigenvalue weighted by atomic mass is 32.2. The molecular formula is C14H20N2O4S. The number of sulfonamides is 1. The second-order valence-corrected chi connectivity index (χ2v) is 6.99. The summed E-state index contributed by atoms with van der Waals surface area (Å²) in [7, 11) is -2.36. The van der Waals surface area contributed by atoms with Crippen LogP contribution >= 0.6 is 0 Å². The molecule has 1 aliphatic rings. The van der Waals surface area contributed by atoms with Gasteiger partial charge in [0.25, 0.3) is 10.0 Å². The Kier molecular flexibility index (Phi) is 4.95. The number of rotatable bonds is 5. The van der Waals surface area contributed by atoms with Gasteiger partial charge in [-0.05, 0) is 37.8 Å². The van der Waals surface area contributed by atoms with Gasteiger partial charge in [0, 0.05) is 6.54 Å². The molecule has 6 nitrogen and oxygen atoms in total. The van der Waals surface area contributed by atoms with Crippen molar-refractivity contribution in [2.45, 2.75) is 37.6 Å². The van der Waals surface area contributed by atoms with Crippen LogP contribution in [0.5, 0.6) is 0 Å². The Morgan fingerprint density at radius 3 is 2.62 bits per heavy atom. The van der Waals surface area contributed by atoms with Crippen molar-refractivity contribution in [2.24, 2.45) is 5.92 Å². The molecule has 116 valence electrons. The van der Waals surface area contributed by atoms with Crippen LogP contribution in [0.25, 0.3) is 0 Å². The molecule has 0 aliphatic heterocycles. The van der Waals surface area contributed by atoms with E-state index in [9.17, 15) is 13.2 Å². The third kappa shape index (κ3) is 3.79. The standard InChI is InChI=1S/C14H20N2O4S/c1-10-12(14(17)20-2)7-8-13(16-10)21(18,19)15-9-11-5-3-4-6-11/h7-8,11,15H,3-6,9H2,1-2H3. The number of esters is 1. The Bertz CT molecular complexity index is 622. The van der Waals surface area contributed by atoms with Gasteiger partial charge in [-0.1, -0.05) is 12.8 Å². The number of carbonyl (C=O) groups is 1. The van der Waals surface area contributed by atoms with Crippen molar-refractivity contribution in [1.82, 2.24) is 9.71 Å². The van der Waals surface area contributed by atoms with Crippen LogP contribution < -0.4 is 4.72 Å². The molecular weight excluding hydrogens is 292 g/mol. The minimum atomic E-state index is -3.63. The zero-order chi connectivity index (χ0) is 15.5. The molecule has 0 saturated heterocycles. The van der Waals surface area contributed by atoms with Gasteiger partial charge in [-0.15, -0.1) is 0 Å². The van der Waals surface area contributed by atoms with Crippen molar-refractivity contribution >= 4 is 16.0 Å². The summed E-state index contributed by atoms with van der Waals surface area (Å²) in [6, 6.07) is 2.76. The molecule has 0 spiro atoms. The first-order chi connectivity index (χ1) is 9.94. The van der Waals surface area contributed by atoms with Gasteiger partial charge >= 0.3 is 5.97 Å². The second kappa shape index (κ2) is 6.53. The molecule has 2 rings (SSSR count). The van der Waals surface area contributed by atoms with Gasteiger partial charge in [0.05, 0.1) is 18.4 Å². The van der Waals surface area contributed by atoms with Crippen LogP contribution in [0, 0.1) is 12.8 Å². The number of methoxy groups -OCH3 is 1. The summed E-state index contributed by atoms with van der Waals surface area (Å²) in [5.41, 5.74) is 0.609. The number of aromatic nitrogens is 1. The molecule has 1 aromatic rings. The van der Waals surface area contributed by atoms with E-state index < -0.39 is 16.0 Å². The number of aryl methyl sites for hydroxylation is 1. The van der Waals surface area contributed by atoms with Crippen molar-refractivity contribution in [2.75, 3.05) is 13.7 Å². The lowest BCUT2D eigenvalue weighted by Crippen LogP contribution is -2.29. The zero-order valence-electron chi connectivity index (χ0n) is 12.3. The number of nitrogens with one attached hydrogen (secondary N) is 1. The molecule has 1 aliphatic carbocycles. The number of pyridine rings is 1. The SMILES string of the molecule is COC(=O)c1ccc(S(=O)(=O)NCC2CCCC2)nc1C. The van der Waals surface area contributed by atoms with E-state index in [0.29, 0.717) is 18.2 Å². The molecule has 0 aromatic carbocycles. The minimum absolute atomic E-state index is 0.0642.